The Morgan fingerprint density at radius 2 is 1.58 bits per heavy atom. The molecule has 1 aromatic rings. The monoisotopic (exact) mass is 258 g/mol. The second-order valence-electron chi connectivity index (χ2n) is 6.93. The second-order valence-corrected chi connectivity index (χ2v) is 6.93. The molecule has 4 fully saturated rings. The number of aromatic nitrogens is 3. The summed E-state index contributed by atoms with van der Waals surface area (Å²) in [7, 11) is 0. The summed E-state index contributed by atoms with van der Waals surface area (Å²) in [6.45, 7) is 0. The lowest BCUT2D eigenvalue weighted by Gasteiger charge is -2.55. The van der Waals surface area contributed by atoms with Crippen molar-refractivity contribution < 1.29 is 0 Å². The van der Waals surface area contributed by atoms with Crippen molar-refractivity contribution in [3.05, 3.63) is 18.5 Å². The van der Waals surface area contributed by atoms with Crippen LogP contribution in [-0.4, -0.2) is 15.0 Å². The summed E-state index contributed by atoms with van der Waals surface area (Å²) in [5, 5.41) is 0. The first-order valence-corrected chi connectivity index (χ1v) is 7.67. The molecule has 1 atom stereocenters. The van der Waals surface area contributed by atoms with Crippen LogP contribution in [0, 0.1) is 29.6 Å². The predicted molar refractivity (Wildman–Crippen MR) is 71.9 cm³/mol. The molecule has 1 aromatic heterocycles. The standard InChI is InChI=1S/C15H22N4/c16-14(15-18-7-17-8-19-15)6-13-11-2-9-1-10(4-11)5-12(13)3-9/h7-14H,1-6,16H2. The van der Waals surface area contributed by atoms with E-state index in [-0.39, 0.29) is 6.04 Å². The summed E-state index contributed by atoms with van der Waals surface area (Å²) in [5.41, 5.74) is 6.32. The molecule has 1 unspecified atom stereocenters. The molecule has 0 aromatic carbocycles. The first kappa shape index (κ1) is 11.8. The van der Waals surface area contributed by atoms with Gasteiger partial charge in [-0.3, -0.25) is 0 Å². The summed E-state index contributed by atoms with van der Waals surface area (Å²) in [6, 6.07) is -0.00877. The molecular weight excluding hydrogens is 236 g/mol. The van der Waals surface area contributed by atoms with Crippen molar-refractivity contribution in [1.82, 2.24) is 15.0 Å². The molecule has 0 spiro atoms. The van der Waals surface area contributed by atoms with Gasteiger partial charge in [0.15, 0.2) is 0 Å². The highest BCUT2D eigenvalue weighted by molar-refractivity contribution is 5.01. The molecule has 0 amide bonds. The fourth-order valence-electron chi connectivity index (χ4n) is 5.26. The van der Waals surface area contributed by atoms with E-state index in [1.807, 2.05) is 0 Å². The molecule has 0 aliphatic heterocycles. The fraction of sp³-hybridized carbons (Fsp3) is 0.800. The maximum atomic E-state index is 6.32. The number of nitrogens with two attached hydrogens (primary N) is 1. The molecule has 4 saturated carbocycles. The third-order valence-corrected chi connectivity index (χ3v) is 5.79. The first-order valence-electron chi connectivity index (χ1n) is 7.67. The minimum Gasteiger partial charge on any atom is -0.321 e. The molecule has 19 heavy (non-hydrogen) atoms. The number of rotatable bonds is 3. The zero-order chi connectivity index (χ0) is 12.8. The molecule has 2 N–H and O–H groups in total. The Bertz CT molecular complexity index is 419. The van der Waals surface area contributed by atoms with Gasteiger partial charge in [0.2, 0.25) is 0 Å². The van der Waals surface area contributed by atoms with Gasteiger partial charge < -0.3 is 5.73 Å². The third-order valence-electron chi connectivity index (χ3n) is 5.79. The molecule has 4 aliphatic rings. The topological polar surface area (TPSA) is 64.7 Å². The summed E-state index contributed by atoms with van der Waals surface area (Å²) >= 11 is 0. The van der Waals surface area contributed by atoms with Crippen molar-refractivity contribution >= 4 is 0 Å². The minimum atomic E-state index is -0.00877. The van der Waals surface area contributed by atoms with Crippen LogP contribution in [0.25, 0.3) is 0 Å². The summed E-state index contributed by atoms with van der Waals surface area (Å²) in [5.74, 6) is 5.52. The highest BCUT2D eigenvalue weighted by Crippen LogP contribution is 2.57. The lowest BCUT2D eigenvalue weighted by Crippen LogP contribution is -2.45. The minimum absolute atomic E-state index is 0.00877. The van der Waals surface area contributed by atoms with Crippen LogP contribution in [0.1, 0.15) is 50.4 Å². The lowest BCUT2D eigenvalue weighted by molar-refractivity contribution is -0.0423. The van der Waals surface area contributed by atoms with E-state index >= 15 is 0 Å². The van der Waals surface area contributed by atoms with Gasteiger partial charge in [0.1, 0.15) is 18.5 Å². The zero-order valence-corrected chi connectivity index (χ0v) is 11.3. The molecule has 0 saturated heterocycles. The molecule has 4 heteroatoms. The van der Waals surface area contributed by atoms with Crippen LogP contribution in [0.15, 0.2) is 12.7 Å². The van der Waals surface area contributed by atoms with Gasteiger partial charge in [-0.25, -0.2) is 15.0 Å². The molecule has 0 radical (unpaired) electrons. The molecule has 5 rings (SSSR count). The molecule has 4 nitrogen and oxygen atoms in total. The van der Waals surface area contributed by atoms with Gasteiger partial charge in [-0.1, -0.05) is 0 Å². The molecule has 1 heterocycles. The van der Waals surface area contributed by atoms with Crippen molar-refractivity contribution in [3.63, 3.8) is 0 Å². The Morgan fingerprint density at radius 1 is 1.00 bits per heavy atom. The van der Waals surface area contributed by atoms with Crippen LogP contribution in [0.3, 0.4) is 0 Å². The predicted octanol–water partition coefficient (Wildman–Crippen LogP) is 2.33. The summed E-state index contributed by atoms with van der Waals surface area (Å²) in [6.07, 6.45) is 11.5. The molecular formula is C15H22N4. The van der Waals surface area contributed by atoms with Gasteiger partial charge >= 0.3 is 0 Å². The van der Waals surface area contributed by atoms with E-state index in [2.05, 4.69) is 15.0 Å². The van der Waals surface area contributed by atoms with Crippen molar-refractivity contribution in [2.45, 2.75) is 44.6 Å². The van der Waals surface area contributed by atoms with Gasteiger partial charge in [0.25, 0.3) is 0 Å². The van der Waals surface area contributed by atoms with Crippen molar-refractivity contribution in [2.24, 2.45) is 35.3 Å². The summed E-state index contributed by atoms with van der Waals surface area (Å²) < 4.78 is 0. The first-order chi connectivity index (χ1) is 9.29. The molecule has 102 valence electrons. The van der Waals surface area contributed by atoms with Crippen LogP contribution < -0.4 is 5.73 Å². The Morgan fingerprint density at radius 3 is 2.16 bits per heavy atom. The van der Waals surface area contributed by atoms with Crippen LogP contribution in [-0.2, 0) is 0 Å². The Kier molecular flexibility index (Phi) is 2.79. The smallest absolute Gasteiger partial charge is 0.148 e. The van der Waals surface area contributed by atoms with E-state index in [0.29, 0.717) is 0 Å². The van der Waals surface area contributed by atoms with E-state index in [0.717, 1.165) is 41.8 Å². The van der Waals surface area contributed by atoms with Crippen LogP contribution in [0.4, 0.5) is 0 Å². The van der Waals surface area contributed by atoms with Gasteiger partial charge in [-0.2, -0.15) is 0 Å². The quantitative estimate of drug-likeness (QED) is 0.903. The number of hydrogen-bond donors (Lipinski definition) is 1. The Hall–Kier alpha value is -1.03. The van der Waals surface area contributed by atoms with Gasteiger partial charge in [0, 0.05) is 0 Å². The van der Waals surface area contributed by atoms with Gasteiger partial charge in [0.05, 0.1) is 6.04 Å². The van der Waals surface area contributed by atoms with E-state index in [9.17, 15) is 0 Å². The number of nitrogens with zero attached hydrogens (tertiary/aromatic N) is 3. The lowest BCUT2D eigenvalue weighted by atomic mass is 9.51. The Balaban J connectivity index is 1.48. The molecule has 4 bridgehead atoms. The van der Waals surface area contributed by atoms with Crippen molar-refractivity contribution in [1.29, 1.82) is 0 Å². The Labute approximate surface area is 114 Å². The number of hydrogen-bond acceptors (Lipinski definition) is 4. The van der Waals surface area contributed by atoms with Gasteiger partial charge in [-0.15, -0.1) is 0 Å². The van der Waals surface area contributed by atoms with Crippen LogP contribution >= 0.6 is 0 Å². The normalized spacial score (nSPS) is 41.4. The maximum absolute atomic E-state index is 6.32. The average molecular weight is 258 g/mol. The average Bonchev–Trinajstić information content (AvgIpc) is 2.43. The zero-order valence-electron chi connectivity index (χ0n) is 11.3. The SMILES string of the molecule is NC(CC1C2CC3CC(C2)CC1C3)c1ncncn1. The van der Waals surface area contributed by atoms with Crippen molar-refractivity contribution in [3.8, 4) is 0 Å². The van der Waals surface area contributed by atoms with E-state index in [4.69, 9.17) is 5.73 Å². The second kappa shape index (κ2) is 4.51. The van der Waals surface area contributed by atoms with Gasteiger partial charge in [-0.05, 0) is 68.1 Å². The highest BCUT2D eigenvalue weighted by Gasteiger charge is 2.48. The van der Waals surface area contributed by atoms with E-state index in [1.54, 1.807) is 12.7 Å². The fourth-order valence-corrected chi connectivity index (χ4v) is 5.26. The van der Waals surface area contributed by atoms with Crippen LogP contribution in [0.2, 0.25) is 0 Å². The maximum Gasteiger partial charge on any atom is 0.148 e. The van der Waals surface area contributed by atoms with Crippen LogP contribution in [0.5, 0.6) is 0 Å². The molecule has 4 aliphatic carbocycles. The third kappa shape index (κ3) is 2.06. The van der Waals surface area contributed by atoms with E-state index in [1.165, 1.54) is 32.1 Å². The summed E-state index contributed by atoms with van der Waals surface area (Å²) in [4.78, 5) is 12.3. The largest absolute Gasteiger partial charge is 0.321 e. The van der Waals surface area contributed by atoms with Crippen molar-refractivity contribution in [2.75, 3.05) is 0 Å². The highest BCUT2D eigenvalue weighted by atomic mass is 15.0. The van der Waals surface area contributed by atoms with E-state index < -0.39 is 0 Å².